The van der Waals surface area contributed by atoms with E-state index in [9.17, 15) is 0 Å². The first kappa shape index (κ1) is 35.2. The van der Waals surface area contributed by atoms with Crippen LogP contribution in [0.2, 0.25) is 0 Å². The first-order chi connectivity index (χ1) is 23.0. The number of benzene rings is 1. The number of unbranched alkanes of at least 4 members (excludes halogenated alkanes) is 9. The second kappa shape index (κ2) is 15.5. The molecule has 0 spiro atoms. The topological polar surface area (TPSA) is 9.23 Å². The van der Waals surface area contributed by atoms with E-state index < -0.39 is 0 Å². The third-order valence-electron chi connectivity index (χ3n) is 11.4. The molecule has 2 aliphatic carbocycles. The Kier molecular flexibility index (Phi) is 11.6. The number of hydrogen-bond acceptors (Lipinski definition) is 4. The third-order valence-corrected chi connectivity index (χ3v) is 14.9. The Morgan fingerprint density at radius 3 is 1.72 bits per heavy atom. The van der Waals surface area contributed by atoms with E-state index in [-0.39, 0.29) is 10.8 Å². The molecule has 0 fully saturated rings. The molecule has 3 aromatic heterocycles. The molecule has 0 unspecified atom stereocenters. The maximum Gasteiger partial charge on any atom is 0.175 e. The summed E-state index contributed by atoms with van der Waals surface area (Å²) in [6.45, 7) is 15.0. The highest BCUT2D eigenvalue weighted by atomic mass is 32.1. The van der Waals surface area contributed by atoms with Crippen molar-refractivity contribution in [2.45, 2.75) is 168 Å². The predicted molar refractivity (Wildman–Crippen MR) is 212 cm³/mol. The lowest BCUT2D eigenvalue weighted by Gasteiger charge is -2.34. The summed E-state index contributed by atoms with van der Waals surface area (Å²) in [6, 6.07) is 10.5. The number of aryl methyl sites for hydroxylation is 1. The molecule has 2 aliphatic rings. The molecule has 3 heterocycles. The summed E-state index contributed by atoms with van der Waals surface area (Å²) in [6.07, 6.45) is 23.1. The van der Waals surface area contributed by atoms with Crippen LogP contribution in [-0.4, -0.2) is 6.61 Å². The number of fused-ring (bicyclic) bond motifs is 8. The summed E-state index contributed by atoms with van der Waals surface area (Å²) in [4.78, 5) is 4.66. The molecule has 4 aromatic rings. The van der Waals surface area contributed by atoms with Crippen LogP contribution in [0.1, 0.15) is 177 Å². The monoisotopic (exact) mass is 688 g/mol. The van der Waals surface area contributed by atoms with Crippen molar-refractivity contribution in [3.8, 4) is 25.9 Å². The predicted octanol–water partition coefficient (Wildman–Crippen LogP) is 15.4. The van der Waals surface area contributed by atoms with E-state index in [4.69, 9.17) is 4.74 Å². The second-order valence-electron chi connectivity index (χ2n) is 14.8. The van der Waals surface area contributed by atoms with Gasteiger partial charge >= 0.3 is 0 Å². The van der Waals surface area contributed by atoms with Gasteiger partial charge in [-0.3, -0.25) is 0 Å². The minimum atomic E-state index is 0.107. The molecule has 256 valence electrons. The van der Waals surface area contributed by atoms with Gasteiger partial charge in [-0.15, -0.1) is 22.7 Å². The van der Waals surface area contributed by atoms with E-state index in [1.54, 1.807) is 43.1 Å². The molecule has 0 atom stereocenters. The number of ether oxygens (including phenoxy) is 1. The van der Waals surface area contributed by atoms with Crippen molar-refractivity contribution < 1.29 is 4.74 Å². The van der Waals surface area contributed by atoms with Crippen molar-refractivity contribution >= 4 is 43.4 Å². The van der Waals surface area contributed by atoms with Crippen LogP contribution in [-0.2, 0) is 10.8 Å². The molecule has 1 aromatic carbocycles. The van der Waals surface area contributed by atoms with Crippen LogP contribution in [0.25, 0.3) is 30.3 Å². The van der Waals surface area contributed by atoms with E-state index in [1.807, 2.05) is 11.3 Å². The zero-order valence-electron chi connectivity index (χ0n) is 30.4. The van der Waals surface area contributed by atoms with Crippen LogP contribution in [0.15, 0.2) is 24.3 Å². The molecule has 0 saturated carbocycles. The van der Waals surface area contributed by atoms with Gasteiger partial charge in [0, 0.05) is 36.2 Å². The molecule has 1 nitrogen and oxygen atoms in total. The lowest BCUT2D eigenvalue weighted by Crippen LogP contribution is -2.27. The van der Waals surface area contributed by atoms with Gasteiger partial charge < -0.3 is 4.74 Å². The summed E-state index contributed by atoms with van der Waals surface area (Å²) in [7, 11) is 0. The van der Waals surface area contributed by atoms with Crippen molar-refractivity contribution in [3.63, 3.8) is 0 Å². The molecular formula is C43H60OS3. The SMILES string of the molecule is CCCCCCCCOc1cc2sc3c(c2s1)C(CCCC)(CCCC)c1cc2c(cc1-3)C(CCCC)(CCCC)c1cc(C)sc1-2. The quantitative estimate of drug-likeness (QED) is 0.0840. The molecular weight excluding hydrogens is 629 g/mol. The molecule has 6 rings (SSSR count). The number of hydrogen-bond donors (Lipinski definition) is 0. The number of rotatable bonds is 20. The fourth-order valence-electron chi connectivity index (χ4n) is 8.96. The average molecular weight is 689 g/mol. The van der Waals surface area contributed by atoms with Gasteiger partial charge in [-0.05, 0) is 90.6 Å². The van der Waals surface area contributed by atoms with E-state index in [1.165, 1.54) is 130 Å². The first-order valence-corrected chi connectivity index (χ1v) is 21.9. The highest BCUT2D eigenvalue weighted by Gasteiger charge is 2.49. The zero-order chi connectivity index (χ0) is 33.0. The molecule has 47 heavy (non-hydrogen) atoms. The largest absolute Gasteiger partial charge is 0.484 e. The molecule has 0 aliphatic heterocycles. The van der Waals surface area contributed by atoms with Crippen LogP contribution in [0, 0.1) is 6.92 Å². The van der Waals surface area contributed by atoms with Gasteiger partial charge in [0.15, 0.2) is 5.06 Å². The molecule has 0 N–H and O–H groups in total. The van der Waals surface area contributed by atoms with E-state index in [0.717, 1.165) is 11.7 Å². The molecule has 4 heteroatoms. The highest BCUT2D eigenvalue weighted by molar-refractivity contribution is 7.30. The highest BCUT2D eigenvalue weighted by Crippen LogP contribution is 2.65. The van der Waals surface area contributed by atoms with Gasteiger partial charge in [0.05, 0.1) is 11.3 Å². The van der Waals surface area contributed by atoms with Crippen molar-refractivity contribution in [1.29, 1.82) is 0 Å². The lowest BCUT2D eigenvalue weighted by molar-refractivity contribution is 0.313. The average Bonchev–Trinajstić information content (AvgIpc) is 3.85. The summed E-state index contributed by atoms with van der Waals surface area (Å²) < 4.78 is 9.45. The Balaban J connectivity index is 1.46. The zero-order valence-corrected chi connectivity index (χ0v) is 32.8. The Labute approximate surface area is 298 Å². The van der Waals surface area contributed by atoms with Crippen molar-refractivity contribution in [3.05, 3.63) is 51.4 Å². The first-order valence-electron chi connectivity index (χ1n) is 19.5. The fourth-order valence-corrected chi connectivity index (χ4v) is 12.8. The Morgan fingerprint density at radius 2 is 1.09 bits per heavy atom. The molecule has 0 saturated heterocycles. The third kappa shape index (κ3) is 6.43. The minimum absolute atomic E-state index is 0.107. The summed E-state index contributed by atoms with van der Waals surface area (Å²) in [5, 5.41) is 1.14. The van der Waals surface area contributed by atoms with Crippen LogP contribution < -0.4 is 4.74 Å². The van der Waals surface area contributed by atoms with Gasteiger partial charge in [0.1, 0.15) is 0 Å². The fraction of sp³-hybridized carbons (Fsp3) is 0.628. The number of thiophene rings is 3. The van der Waals surface area contributed by atoms with Crippen LogP contribution in [0.4, 0.5) is 0 Å². The molecule has 0 amide bonds. The Bertz CT molecular complexity index is 1610. The van der Waals surface area contributed by atoms with Crippen LogP contribution in [0.5, 0.6) is 5.06 Å². The normalized spacial score (nSPS) is 15.3. The minimum Gasteiger partial charge on any atom is -0.484 e. The van der Waals surface area contributed by atoms with Crippen LogP contribution >= 0.6 is 34.0 Å². The van der Waals surface area contributed by atoms with Gasteiger partial charge in [0.25, 0.3) is 0 Å². The lowest BCUT2D eigenvalue weighted by atomic mass is 9.69. The van der Waals surface area contributed by atoms with Gasteiger partial charge in [-0.25, -0.2) is 0 Å². The smallest absolute Gasteiger partial charge is 0.175 e. The van der Waals surface area contributed by atoms with Crippen molar-refractivity contribution in [2.24, 2.45) is 0 Å². The standard InChI is InChI=1S/C43H60OS3/c1-7-12-17-18-19-20-25-44-37-29-36-41(47-37)38-40(46-36)32-28-33-31(27-34(32)43(38,23-15-10-4)24-16-11-5)39-35(26-30(6)45-39)42(33,21-13-8-2)22-14-9-3/h26-29H,7-25H2,1-6H3. The maximum atomic E-state index is 6.46. The molecule has 0 bridgehead atoms. The van der Waals surface area contributed by atoms with Crippen LogP contribution in [0.3, 0.4) is 0 Å². The Hall–Kier alpha value is -1.62. The van der Waals surface area contributed by atoms with Gasteiger partial charge in [-0.1, -0.05) is 129 Å². The van der Waals surface area contributed by atoms with E-state index >= 15 is 0 Å². The van der Waals surface area contributed by atoms with E-state index in [2.05, 4.69) is 88.5 Å². The van der Waals surface area contributed by atoms with Gasteiger partial charge in [-0.2, -0.15) is 0 Å². The Morgan fingerprint density at radius 1 is 0.532 bits per heavy atom. The summed E-state index contributed by atoms with van der Waals surface area (Å²) in [5.74, 6) is 0. The molecule has 0 radical (unpaired) electrons. The summed E-state index contributed by atoms with van der Waals surface area (Å²) >= 11 is 6.09. The van der Waals surface area contributed by atoms with E-state index in [0.29, 0.717) is 0 Å². The summed E-state index contributed by atoms with van der Waals surface area (Å²) in [5.41, 5.74) is 10.1. The van der Waals surface area contributed by atoms with Gasteiger partial charge in [0.2, 0.25) is 0 Å². The maximum absolute atomic E-state index is 6.46. The van der Waals surface area contributed by atoms with Crippen molar-refractivity contribution in [2.75, 3.05) is 6.61 Å². The van der Waals surface area contributed by atoms with Crippen molar-refractivity contribution in [1.82, 2.24) is 0 Å². The second-order valence-corrected chi connectivity index (χ2v) is 18.1.